The van der Waals surface area contributed by atoms with Crippen molar-refractivity contribution in [1.82, 2.24) is 15.1 Å². The van der Waals surface area contributed by atoms with E-state index in [9.17, 15) is 0 Å². The highest BCUT2D eigenvalue weighted by Gasteiger charge is 2.21. The molecule has 0 aromatic heterocycles. The Morgan fingerprint density at radius 2 is 2.40 bits per heavy atom. The van der Waals surface area contributed by atoms with Crippen molar-refractivity contribution < 1.29 is 0 Å². The van der Waals surface area contributed by atoms with Crippen LogP contribution in [-0.4, -0.2) is 62.7 Å². The number of rotatable bonds is 6. The van der Waals surface area contributed by atoms with E-state index in [0.29, 0.717) is 6.54 Å². The van der Waals surface area contributed by atoms with Crippen LogP contribution in [0.25, 0.3) is 0 Å². The van der Waals surface area contributed by atoms with E-state index in [4.69, 9.17) is 6.42 Å². The van der Waals surface area contributed by atoms with Crippen molar-refractivity contribution in [3.63, 3.8) is 0 Å². The van der Waals surface area contributed by atoms with Gasteiger partial charge in [0.25, 0.3) is 0 Å². The van der Waals surface area contributed by atoms with Gasteiger partial charge in [0.05, 0.1) is 6.54 Å². The van der Waals surface area contributed by atoms with Gasteiger partial charge in [0, 0.05) is 25.7 Å². The topological polar surface area (TPSA) is 18.5 Å². The van der Waals surface area contributed by atoms with Crippen LogP contribution < -0.4 is 5.32 Å². The molecule has 1 aliphatic heterocycles. The summed E-state index contributed by atoms with van der Waals surface area (Å²) in [7, 11) is 4.41. The van der Waals surface area contributed by atoms with E-state index in [1.54, 1.807) is 0 Å². The monoisotopic (exact) mass is 209 g/mol. The molecule has 0 radical (unpaired) electrons. The van der Waals surface area contributed by atoms with Crippen molar-refractivity contribution in [2.24, 2.45) is 0 Å². The van der Waals surface area contributed by atoms with E-state index in [1.807, 2.05) is 0 Å². The summed E-state index contributed by atoms with van der Waals surface area (Å²) < 4.78 is 0. The van der Waals surface area contributed by atoms with Gasteiger partial charge in [0.2, 0.25) is 0 Å². The Balaban J connectivity index is 2.07. The smallest absolute Gasteiger partial charge is 0.0574 e. The van der Waals surface area contributed by atoms with Gasteiger partial charge in [-0.2, -0.15) is 0 Å². The van der Waals surface area contributed by atoms with Crippen molar-refractivity contribution in [3.05, 3.63) is 0 Å². The number of terminal acetylenes is 1. The lowest BCUT2D eigenvalue weighted by molar-refractivity contribution is 0.221. The van der Waals surface area contributed by atoms with Gasteiger partial charge in [-0.25, -0.2) is 0 Å². The molecule has 0 spiro atoms. The van der Waals surface area contributed by atoms with Gasteiger partial charge in [-0.15, -0.1) is 6.42 Å². The maximum absolute atomic E-state index is 5.16. The standard InChI is InChI=1S/C12H23N3/c1-4-7-13-8-10-14(2)11-12-6-5-9-15(12)3/h1,12-13H,5-11H2,2-3H3. The van der Waals surface area contributed by atoms with Gasteiger partial charge in [0.15, 0.2) is 0 Å². The second-order valence-corrected chi connectivity index (χ2v) is 4.42. The molecule has 3 nitrogen and oxygen atoms in total. The zero-order valence-corrected chi connectivity index (χ0v) is 10.00. The average molecular weight is 209 g/mol. The van der Waals surface area contributed by atoms with Crippen LogP contribution in [0.4, 0.5) is 0 Å². The molecular weight excluding hydrogens is 186 g/mol. The Kier molecular flexibility index (Phi) is 5.70. The second-order valence-electron chi connectivity index (χ2n) is 4.42. The van der Waals surface area contributed by atoms with E-state index in [2.05, 4.69) is 35.1 Å². The number of likely N-dealkylation sites (N-methyl/N-ethyl adjacent to an activating group) is 2. The van der Waals surface area contributed by atoms with Gasteiger partial charge in [-0.3, -0.25) is 0 Å². The van der Waals surface area contributed by atoms with Crippen molar-refractivity contribution in [2.75, 3.05) is 46.8 Å². The molecule has 0 aromatic carbocycles. The van der Waals surface area contributed by atoms with Crippen LogP contribution in [0.2, 0.25) is 0 Å². The van der Waals surface area contributed by atoms with E-state index >= 15 is 0 Å². The van der Waals surface area contributed by atoms with Crippen molar-refractivity contribution in [1.29, 1.82) is 0 Å². The van der Waals surface area contributed by atoms with E-state index in [-0.39, 0.29) is 0 Å². The predicted octanol–water partition coefficient (Wildman–Crippen LogP) is 0.235. The fraction of sp³-hybridized carbons (Fsp3) is 0.833. The Morgan fingerprint density at radius 1 is 1.60 bits per heavy atom. The van der Waals surface area contributed by atoms with Crippen LogP contribution in [0.1, 0.15) is 12.8 Å². The van der Waals surface area contributed by atoms with E-state index < -0.39 is 0 Å². The molecule has 15 heavy (non-hydrogen) atoms. The Bertz CT molecular complexity index is 209. The van der Waals surface area contributed by atoms with Crippen molar-refractivity contribution >= 4 is 0 Å². The molecule has 1 heterocycles. The summed E-state index contributed by atoms with van der Waals surface area (Å²) in [5.74, 6) is 2.58. The summed E-state index contributed by atoms with van der Waals surface area (Å²) in [5.41, 5.74) is 0. The highest BCUT2D eigenvalue weighted by molar-refractivity contribution is 4.86. The molecule has 0 bridgehead atoms. The minimum atomic E-state index is 0.678. The lowest BCUT2D eigenvalue weighted by Crippen LogP contribution is -2.39. The van der Waals surface area contributed by atoms with Crippen LogP contribution in [0.15, 0.2) is 0 Å². The molecule has 1 saturated heterocycles. The molecule has 1 aliphatic rings. The lowest BCUT2D eigenvalue weighted by Gasteiger charge is -2.25. The van der Waals surface area contributed by atoms with Crippen molar-refractivity contribution in [2.45, 2.75) is 18.9 Å². The van der Waals surface area contributed by atoms with E-state index in [1.165, 1.54) is 25.9 Å². The van der Waals surface area contributed by atoms with Gasteiger partial charge < -0.3 is 15.1 Å². The third-order valence-corrected chi connectivity index (χ3v) is 3.09. The molecule has 1 N–H and O–H groups in total. The largest absolute Gasteiger partial charge is 0.305 e. The number of hydrogen-bond donors (Lipinski definition) is 1. The third-order valence-electron chi connectivity index (χ3n) is 3.09. The maximum Gasteiger partial charge on any atom is 0.0574 e. The zero-order valence-electron chi connectivity index (χ0n) is 10.00. The highest BCUT2D eigenvalue weighted by Crippen LogP contribution is 2.14. The fourth-order valence-electron chi connectivity index (χ4n) is 2.09. The average Bonchev–Trinajstić information content (AvgIpc) is 2.59. The van der Waals surface area contributed by atoms with Gasteiger partial charge in [-0.1, -0.05) is 5.92 Å². The quantitative estimate of drug-likeness (QED) is 0.499. The van der Waals surface area contributed by atoms with Gasteiger partial charge in [-0.05, 0) is 33.5 Å². The molecule has 0 amide bonds. The lowest BCUT2D eigenvalue weighted by atomic mass is 10.2. The molecule has 0 saturated carbocycles. The first-order valence-electron chi connectivity index (χ1n) is 5.77. The summed E-state index contributed by atoms with van der Waals surface area (Å²) in [6, 6.07) is 0.752. The predicted molar refractivity (Wildman–Crippen MR) is 64.9 cm³/mol. The Hall–Kier alpha value is -0.560. The first-order valence-corrected chi connectivity index (χ1v) is 5.77. The summed E-state index contributed by atoms with van der Waals surface area (Å²) >= 11 is 0. The third kappa shape index (κ3) is 4.65. The van der Waals surface area contributed by atoms with Gasteiger partial charge in [0.1, 0.15) is 0 Å². The molecule has 1 atom stereocenters. The molecule has 0 aromatic rings. The molecule has 1 rings (SSSR count). The van der Waals surface area contributed by atoms with Crippen molar-refractivity contribution in [3.8, 4) is 12.3 Å². The summed E-state index contributed by atoms with van der Waals surface area (Å²) in [6.07, 6.45) is 7.86. The van der Waals surface area contributed by atoms with Crippen LogP contribution in [-0.2, 0) is 0 Å². The highest BCUT2D eigenvalue weighted by atomic mass is 15.2. The number of hydrogen-bond acceptors (Lipinski definition) is 3. The Morgan fingerprint density at radius 3 is 3.00 bits per heavy atom. The first-order chi connectivity index (χ1) is 7.24. The number of nitrogens with one attached hydrogen (secondary N) is 1. The van der Waals surface area contributed by atoms with Crippen LogP contribution >= 0.6 is 0 Å². The normalized spacial score (nSPS) is 22.1. The fourth-order valence-corrected chi connectivity index (χ4v) is 2.09. The maximum atomic E-state index is 5.16. The SMILES string of the molecule is C#CCNCCN(C)CC1CCCN1C. The molecule has 3 heteroatoms. The minimum Gasteiger partial charge on any atom is -0.305 e. The van der Waals surface area contributed by atoms with Crippen LogP contribution in [0, 0.1) is 12.3 Å². The molecule has 1 unspecified atom stereocenters. The number of nitrogens with zero attached hydrogens (tertiary/aromatic N) is 2. The molecule has 0 aliphatic carbocycles. The zero-order chi connectivity index (χ0) is 11.1. The van der Waals surface area contributed by atoms with Gasteiger partial charge >= 0.3 is 0 Å². The Labute approximate surface area is 93.8 Å². The molecule has 86 valence electrons. The molecule has 1 fully saturated rings. The summed E-state index contributed by atoms with van der Waals surface area (Å²) in [6.45, 7) is 5.17. The van der Waals surface area contributed by atoms with Crippen LogP contribution in [0.5, 0.6) is 0 Å². The first kappa shape index (κ1) is 12.5. The number of likely N-dealkylation sites (tertiary alicyclic amines) is 1. The summed E-state index contributed by atoms with van der Waals surface area (Å²) in [5, 5.41) is 3.21. The van der Waals surface area contributed by atoms with Crippen LogP contribution in [0.3, 0.4) is 0 Å². The van der Waals surface area contributed by atoms with E-state index in [0.717, 1.165) is 19.1 Å². The second kappa shape index (κ2) is 6.84. The molecular formula is C12H23N3. The summed E-state index contributed by atoms with van der Waals surface area (Å²) in [4.78, 5) is 4.85. The minimum absolute atomic E-state index is 0.678.